The van der Waals surface area contributed by atoms with Crippen molar-refractivity contribution in [2.24, 2.45) is 0 Å². The van der Waals surface area contributed by atoms with E-state index >= 15 is 0 Å². The van der Waals surface area contributed by atoms with Gasteiger partial charge in [0.15, 0.2) is 0 Å². The minimum Gasteiger partial charge on any atom is -0.337 e. The molecule has 0 radical (unpaired) electrons. The van der Waals surface area contributed by atoms with Crippen LogP contribution in [-0.2, 0) is 6.54 Å². The Kier molecular flexibility index (Phi) is 4.72. The molecule has 0 aromatic heterocycles. The highest BCUT2D eigenvalue weighted by Crippen LogP contribution is 2.22. The van der Waals surface area contributed by atoms with Crippen LogP contribution < -0.4 is 0 Å². The number of nitrogens with zero attached hydrogens (tertiary/aromatic N) is 3. The number of amides is 1. The van der Waals surface area contributed by atoms with Crippen molar-refractivity contribution < 1.29 is 9.72 Å². The molecule has 0 bridgehead atoms. The maximum absolute atomic E-state index is 12.5. The average Bonchev–Trinajstić information content (AvgIpc) is 2.54. The molecule has 2 aromatic rings. The van der Waals surface area contributed by atoms with Crippen LogP contribution >= 0.6 is 0 Å². The van der Waals surface area contributed by atoms with Gasteiger partial charge in [-0.15, -0.1) is 0 Å². The fourth-order valence-corrected chi connectivity index (χ4v) is 2.29. The molecule has 0 aliphatic heterocycles. The van der Waals surface area contributed by atoms with Gasteiger partial charge in [0, 0.05) is 30.8 Å². The van der Waals surface area contributed by atoms with Crippen LogP contribution in [0, 0.1) is 28.4 Å². The summed E-state index contributed by atoms with van der Waals surface area (Å²) in [6, 6.07) is 13.4. The quantitative estimate of drug-likeness (QED) is 0.641. The maximum atomic E-state index is 12.5. The number of nitro groups is 1. The summed E-state index contributed by atoms with van der Waals surface area (Å²) in [6.07, 6.45) is 0. The van der Waals surface area contributed by atoms with Gasteiger partial charge in [-0.2, -0.15) is 5.26 Å². The molecule has 0 fully saturated rings. The molecule has 116 valence electrons. The van der Waals surface area contributed by atoms with E-state index < -0.39 is 4.92 Å². The van der Waals surface area contributed by atoms with Gasteiger partial charge >= 0.3 is 0 Å². The van der Waals surface area contributed by atoms with Crippen LogP contribution in [0.15, 0.2) is 42.5 Å². The molecular formula is C17H15N3O3. The third-order valence-electron chi connectivity index (χ3n) is 3.58. The van der Waals surface area contributed by atoms with Crippen LogP contribution in [0.5, 0.6) is 0 Å². The number of nitriles is 1. The van der Waals surface area contributed by atoms with Crippen molar-refractivity contribution in [2.45, 2.75) is 13.5 Å². The molecule has 6 nitrogen and oxygen atoms in total. The summed E-state index contributed by atoms with van der Waals surface area (Å²) >= 11 is 0. The Bertz CT molecular complexity index is 792. The van der Waals surface area contributed by atoms with Gasteiger partial charge in [-0.25, -0.2) is 0 Å². The van der Waals surface area contributed by atoms with E-state index in [4.69, 9.17) is 5.26 Å². The van der Waals surface area contributed by atoms with Gasteiger partial charge in [-0.3, -0.25) is 14.9 Å². The van der Waals surface area contributed by atoms with E-state index in [0.29, 0.717) is 23.2 Å². The Hall–Kier alpha value is -3.20. The van der Waals surface area contributed by atoms with Crippen molar-refractivity contribution in [3.05, 3.63) is 74.8 Å². The zero-order chi connectivity index (χ0) is 17.0. The molecule has 1 amide bonds. The number of nitro benzene ring substituents is 1. The van der Waals surface area contributed by atoms with Crippen molar-refractivity contribution in [1.82, 2.24) is 4.90 Å². The molecule has 0 aliphatic rings. The van der Waals surface area contributed by atoms with E-state index in [2.05, 4.69) is 0 Å². The van der Waals surface area contributed by atoms with E-state index in [1.807, 2.05) is 6.07 Å². The predicted octanol–water partition coefficient (Wildman–Crippen LogP) is 3.05. The first-order valence-electron chi connectivity index (χ1n) is 6.92. The Labute approximate surface area is 133 Å². The zero-order valence-electron chi connectivity index (χ0n) is 12.8. The van der Waals surface area contributed by atoms with Gasteiger partial charge in [-0.05, 0) is 30.7 Å². The summed E-state index contributed by atoms with van der Waals surface area (Å²) in [7, 11) is 1.64. The average molecular weight is 309 g/mol. The molecule has 0 atom stereocenters. The Morgan fingerprint density at radius 3 is 2.48 bits per heavy atom. The van der Waals surface area contributed by atoms with Crippen molar-refractivity contribution in [3.63, 3.8) is 0 Å². The van der Waals surface area contributed by atoms with Gasteiger partial charge in [0.2, 0.25) is 0 Å². The van der Waals surface area contributed by atoms with Crippen molar-refractivity contribution >= 4 is 11.6 Å². The van der Waals surface area contributed by atoms with E-state index in [9.17, 15) is 14.9 Å². The summed E-state index contributed by atoms with van der Waals surface area (Å²) in [6.45, 7) is 1.92. The lowest BCUT2D eigenvalue weighted by Crippen LogP contribution is -2.27. The summed E-state index contributed by atoms with van der Waals surface area (Å²) in [5, 5.41) is 19.8. The first-order chi connectivity index (χ1) is 10.9. The van der Waals surface area contributed by atoms with E-state index in [-0.39, 0.29) is 11.6 Å². The van der Waals surface area contributed by atoms with Crippen LogP contribution in [0.4, 0.5) is 5.69 Å². The summed E-state index contributed by atoms with van der Waals surface area (Å²) in [4.78, 5) is 24.5. The number of carbonyl (C=O) groups excluding carboxylic acids is 1. The lowest BCUT2D eigenvalue weighted by molar-refractivity contribution is -0.385. The van der Waals surface area contributed by atoms with Crippen molar-refractivity contribution in [1.29, 1.82) is 5.26 Å². The molecule has 0 spiro atoms. The highest BCUT2D eigenvalue weighted by molar-refractivity contribution is 5.96. The van der Waals surface area contributed by atoms with E-state index in [1.165, 1.54) is 17.0 Å². The second-order valence-corrected chi connectivity index (χ2v) is 5.18. The van der Waals surface area contributed by atoms with Crippen LogP contribution in [-0.4, -0.2) is 22.8 Å². The normalized spacial score (nSPS) is 9.96. The van der Waals surface area contributed by atoms with Crippen LogP contribution in [0.1, 0.15) is 27.0 Å². The summed E-state index contributed by atoms with van der Waals surface area (Å²) in [5.41, 5.74) is 2.03. The van der Waals surface area contributed by atoms with Gasteiger partial charge in [0.25, 0.3) is 11.6 Å². The second-order valence-electron chi connectivity index (χ2n) is 5.18. The largest absolute Gasteiger partial charge is 0.337 e. The standard InChI is InChI=1S/C17H15N3O3/c1-12-15(4-3-5-16(12)20(22)23)17(21)19(2)11-14-8-6-13(10-18)7-9-14/h3-9H,11H2,1-2H3. The molecule has 0 N–H and O–H groups in total. The zero-order valence-corrected chi connectivity index (χ0v) is 12.8. The number of carbonyl (C=O) groups is 1. The molecule has 0 heterocycles. The molecule has 0 aliphatic carbocycles. The Morgan fingerprint density at radius 2 is 1.91 bits per heavy atom. The minimum atomic E-state index is -0.493. The molecule has 6 heteroatoms. The molecule has 0 saturated carbocycles. The summed E-state index contributed by atoms with van der Waals surface area (Å²) < 4.78 is 0. The Morgan fingerprint density at radius 1 is 1.26 bits per heavy atom. The third kappa shape index (κ3) is 3.52. The van der Waals surface area contributed by atoms with Crippen molar-refractivity contribution in [3.8, 4) is 6.07 Å². The highest BCUT2D eigenvalue weighted by Gasteiger charge is 2.20. The first-order valence-corrected chi connectivity index (χ1v) is 6.92. The number of hydrogen-bond acceptors (Lipinski definition) is 4. The van der Waals surface area contributed by atoms with Gasteiger partial charge in [0.1, 0.15) is 0 Å². The SMILES string of the molecule is Cc1c(C(=O)N(C)Cc2ccc(C#N)cc2)cccc1[N+](=O)[O-]. The number of hydrogen-bond donors (Lipinski definition) is 0. The molecule has 0 saturated heterocycles. The second kappa shape index (κ2) is 6.71. The van der Waals surface area contributed by atoms with Gasteiger partial charge < -0.3 is 4.90 Å². The van der Waals surface area contributed by atoms with Crippen LogP contribution in [0.2, 0.25) is 0 Å². The first kappa shape index (κ1) is 16.2. The predicted molar refractivity (Wildman–Crippen MR) is 84.8 cm³/mol. The van der Waals surface area contributed by atoms with E-state index in [0.717, 1.165) is 5.56 Å². The molecule has 23 heavy (non-hydrogen) atoms. The number of rotatable bonds is 4. The molecule has 0 unspecified atom stereocenters. The fourth-order valence-electron chi connectivity index (χ4n) is 2.29. The van der Waals surface area contributed by atoms with Crippen molar-refractivity contribution in [2.75, 3.05) is 7.05 Å². The van der Waals surface area contributed by atoms with Crippen LogP contribution in [0.25, 0.3) is 0 Å². The minimum absolute atomic E-state index is 0.0670. The maximum Gasteiger partial charge on any atom is 0.273 e. The smallest absolute Gasteiger partial charge is 0.273 e. The Balaban J connectivity index is 2.21. The van der Waals surface area contributed by atoms with Crippen LogP contribution in [0.3, 0.4) is 0 Å². The number of benzene rings is 2. The van der Waals surface area contributed by atoms with E-state index in [1.54, 1.807) is 44.3 Å². The molecular weight excluding hydrogens is 294 g/mol. The lowest BCUT2D eigenvalue weighted by Gasteiger charge is -2.18. The molecule has 2 aromatic carbocycles. The monoisotopic (exact) mass is 309 g/mol. The highest BCUT2D eigenvalue weighted by atomic mass is 16.6. The summed E-state index contributed by atoms with van der Waals surface area (Å²) in [5.74, 6) is -0.282. The van der Waals surface area contributed by atoms with Gasteiger partial charge in [0.05, 0.1) is 16.6 Å². The fraction of sp³-hybridized carbons (Fsp3) is 0.176. The topological polar surface area (TPSA) is 87.2 Å². The third-order valence-corrected chi connectivity index (χ3v) is 3.58. The lowest BCUT2D eigenvalue weighted by atomic mass is 10.1. The van der Waals surface area contributed by atoms with Gasteiger partial charge in [-0.1, -0.05) is 18.2 Å². The molecule has 2 rings (SSSR count).